The molecule has 0 aromatic rings. The fourth-order valence-corrected chi connectivity index (χ4v) is 2.98. The molecule has 4 amide bonds. The van der Waals surface area contributed by atoms with E-state index in [1.165, 1.54) is 4.90 Å². The summed E-state index contributed by atoms with van der Waals surface area (Å²) in [6.45, 7) is 4.72. The molecule has 2 aliphatic carbocycles. The predicted octanol–water partition coefficient (Wildman–Crippen LogP) is 1.28. The van der Waals surface area contributed by atoms with Gasteiger partial charge in [-0.25, -0.2) is 4.79 Å². The molecular weight excluding hydrogens is 232 g/mol. The SMILES string of the molecule is CC1(C)CC1CN1C(=O)NC(=O)C2(CCC2)C1=O. The van der Waals surface area contributed by atoms with Crippen LogP contribution in [0.15, 0.2) is 0 Å². The van der Waals surface area contributed by atoms with Crippen molar-refractivity contribution >= 4 is 17.8 Å². The van der Waals surface area contributed by atoms with Gasteiger partial charge in [0.05, 0.1) is 0 Å². The Morgan fingerprint density at radius 2 is 1.89 bits per heavy atom. The molecule has 3 fully saturated rings. The molecule has 18 heavy (non-hydrogen) atoms. The molecule has 0 bridgehead atoms. The smallest absolute Gasteiger partial charge is 0.277 e. The number of hydrogen-bond donors (Lipinski definition) is 1. The third-order valence-electron chi connectivity index (χ3n) is 4.88. The van der Waals surface area contributed by atoms with E-state index >= 15 is 0 Å². The van der Waals surface area contributed by atoms with Crippen molar-refractivity contribution in [3.63, 3.8) is 0 Å². The van der Waals surface area contributed by atoms with Crippen molar-refractivity contribution in [1.29, 1.82) is 0 Å². The van der Waals surface area contributed by atoms with Crippen LogP contribution < -0.4 is 5.32 Å². The lowest BCUT2D eigenvalue weighted by molar-refractivity contribution is -0.157. The van der Waals surface area contributed by atoms with Crippen molar-refractivity contribution in [3.8, 4) is 0 Å². The van der Waals surface area contributed by atoms with E-state index in [-0.39, 0.29) is 11.3 Å². The van der Waals surface area contributed by atoms with E-state index in [1.807, 2.05) is 0 Å². The summed E-state index contributed by atoms with van der Waals surface area (Å²) in [5.41, 5.74) is -0.707. The van der Waals surface area contributed by atoms with Crippen molar-refractivity contribution in [1.82, 2.24) is 10.2 Å². The molecule has 3 rings (SSSR count). The van der Waals surface area contributed by atoms with E-state index in [0.717, 1.165) is 12.8 Å². The second-order valence-corrected chi connectivity index (χ2v) is 6.50. The van der Waals surface area contributed by atoms with Gasteiger partial charge in [-0.05, 0) is 30.6 Å². The summed E-state index contributed by atoms with van der Waals surface area (Å²) in [6.07, 6.45) is 3.08. The van der Waals surface area contributed by atoms with Gasteiger partial charge in [0.2, 0.25) is 11.8 Å². The molecule has 5 heteroatoms. The summed E-state index contributed by atoms with van der Waals surface area (Å²) >= 11 is 0. The minimum Gasteiger partial charge on any atom is -0.277 e. The number of imide groups is 2. The molecule has 98 valence electrons. The lowest BCUT2D eigenvalue weighted by Crippen LogP contribution is -2.66. The van der Waals surface area contributed by atoms with Gasteiger partial charge in [0.25, 0.3) is 0 Å². The molecule has 0 aromatic carbocycles. The Hall–Kier alpha value is -1.39. The number of carbonyl (C=O) groups excluding carboxylic acids is 3. The average molecular weight is 250 g/mol. The molecule has 0 aromatic heterocycles. The zero-order chi connectivity index (χ0) is 13.1. The summed E-state index contributed by atoms with van der Waals surface area (Å²) in [5, 5.41) is 2.34. The largest absolute Gasteiger partial charge is 0.330 e. The van der Waals surface area contributed by atoms with Crippen LogP contribution in [0.2, 0.25) is 0 Å². The maximum absolute atomic E-state index is 12.4. The van der Waals surface area contributed by atoms with Gasteiger partial charge in [-0.15, -0.1) is 0 Å². The van der Waals surface area contributed by atoms with Gasteiger partial charge in [-0.3, -0.25) is 19.8 Å². The van der Waals surface area contributed by atoms with Gasteiger partial charge in [0, 0.05) is 6.54 Å². The Kier molecular flexibility index (Phi) is 2.17. The minimum atomic E-state index is -0.924. The fourth-order valence-electron chi connectivity index (χ4n) is 2.98. The van der Waals surface area contributed by atoms with E-state index in [2.05, 4.69) is 19.2 Å². The van der Waals surface area contributed by atoms with Crippen LogP contribution in [0.1, 0.15) is 39.5 Å². The Morgan fingerprint density at radius 1 is 1.28 bits per heavy atom. The van der Waals surface area contributed by atoms with Crippen molar-refractivity contribution < 1.29 is 14.4 Å². The first-order valence-electron chi connectivity index (χ1n) is 6.54. The van der Waals surface area contributed by atoms with E-state index in [1.54, 1.807) is 0 Å². The first-order chi connectivity index (χ1) is 8.37. The van der Waals surface area contributed by atoms with Crippen LogP contribution in [0.25, 0.3) is 0 Å². The molecule has 5 nitrogen and oxygen atoms in total. The molecular formula is C13H18N2O3. The van der Waals surface area contributed by atoms with Crippen molar-refractivity contribution in [2.75, 3.05) is 6.54 Å². The van der Waals surface area contributed by atoms with Crippen LogP contribution in [0.4, 0.5) is 4.79 Å². The molecule has 1 aliphatic heterocycles. The second-order valence-electron chi connectivity index (χ2n) is 6.50. The number of amides is 4. The average Bonchev–Trinajstić information content (AvgIpc) is 2.78. The summed E-state index contributed by atoms with van der Waals surface area (Å²) < 4.78 is 0. The molecule has 3 aliphatic rings. The number of urea groups is 1. The zero-order valence-electron chi connectivity index (χ0n) is 10.8. The monoisotopic (exact) mass is 250 g/mol. The van der Waals surface area contributed by atoms with Gasteiger partial charge >= 0.3 is 6.03 Å². The van der Waals surface area contributed by atoms with Crippen LogP contribution in [0.5, 0.6) is 0 Å². The molecule has 1 N–H and O–H groups in total. The molecule has 1 heterocycles. The molecule has 1 unspecified atom stereocenters. The number of hydrogen-bond acceptors (Lipinski definition) is 3. The van der Waals surface area contributed by atoms with Crippen molar-refractivity contribution in [3.05, 3.63) is 0 Å². The minimum absolute atomic E-state index is 0.217. The van der Waals surface area contributed by atoms with Crippen molar-refractivity contribution in [2.24, 2.45) is 16.7 Å². The van der Waals surface area contributed by atoms with E-state index < -0.39 is 17.4 Å². The molecule has 1 spiro atoms. The predicted molar refractivity (Wildman–Crippen MR) is 63.4 cm³/mol. The van der Waals surface area contributed by atoms with Crippen LogP contribution in [-0.2, 0) is 9.59 Å². The molecule has 0 radical (unpaired) electrons. The normalized spacial score (nSPS) is 32.2. The van der Waals surface area contributed by atoms with Crippen LogP contribution in [0, 0.1) is 16.7 Å². The van der Waals surface area contributed by atoms with Crippen LogP contribution >= 0.6 is 0 Å². The molecule has 1 saturated heterocycles. The number of nitrogens with zero attached hydrogens (tertiary/aromatic N) is 1. The second kappa shape index (κ2) is 3.33. The Balaban J connectivity index is 1.79. The Labute approximate surface area is 106 Å². The highest BCUT2D eigenvalue weighted by atomic mass is 16.2. The van der Waals surface area contributed by atoms with Gasteiger partial charge in [0.1, 0.15) is 5.41 Å². The third kappa shape index (κ3) is 1.42. The van der Waals surface area contributed by atoms with E-state index in [4.69, 9.17) is 0 Å². The first kappa shape index (κ1) is 11.7. The summed E-state index contributed by atoms with van der Waals surface area (Å²) in [6, 6.07) is -0.537. The number of nitrogens with one attached hydrogen (secondary N) is 1. The maximum atomic E-state index is 12.4. The van der Waals surface area contributed by atoms with E-state index in [9.17, 15) is 14.4 Å². The first-order valence-corrected chi connectivity index (χ1v) is 6.54. The molecule has 1 atom stereocenters. The number of carbonyl (C=O) groups is 3. The Morgan fingerprint density at radius 3 is 2.33 bits per heavy atom. The highest BCUT2D eigenvalue weighted by molar-refractivity contribution is 6.19. The fraction of sp³-hybridized carbons (Fsp3) is 0.769. The lowest BCUT2D eigenvalue weighted by Gasteiger charge is -2.44. The zero-order valence-corrected chi connectivity index (χ0v) is 10.8. The Bertz CT molecular complexity index is 451. The van der Waals surface area contributed by atoms with Gasteiger partial charge in [-0.2, -0.15) is 0 Å². The maximum Gasteiger partial charge on any atom is 0.330 e. The quantitative estimate of drug-likeness (QED) is 0.751. The highest BCUT2D eigenvalue weighted by Crippen LogP contribution is 2.53. The highest BCUT2D eigenvalue weighted by Gasteiger charge is 2.58. The number of barbiturate groups is 1. The third-order valence-corrected chi connectivity index (χ3v) is 4.88. The standard InChI is InChI=1S/C13H18N2O3/c1-12(2)6-8(12)7-15-10(17)13(4-3-5-13)9(16)14-11(15)18/h8H,3-7H2,1-2H3,(H,14,16,18). The van der Waals surface area contributed by atoms with Crippen LogP contribution in [-0.4, -0.2) is 29.3 Å². The summed E-state index contributed by atoms with van der Waals surface area (Å²) in [5.74, 6) is -0.294. The van der Waals surface area contributed by atoms with Gasteiger partial charge in [0.15, 0.2) is 0 Å². The van der Waals surface area contributed by atoms with Gasteiger partial charge < -0.3 is 0 Å². The van der Waals surface area contributed by atoms with Crippen LogP contribution in [0.3, 0.4) is 0 Å². The topological polar surface area (TPSA) is 66.5 Å². The van der Waals surface area contributed by atoms with Crippen molar-refractivity contribution in [2.45, 2.75) is 39.5 Å². The summed E-state index contributed by atoms with van der Waals surface area (Å²) in [7, 11) is 0. The molecule has 2 saturated carbocycles. The van der Waals surface area contributed by atoms with E-state index in [0.29, 0.717) is 25.3 Å². The number of rotatable bonds is 2. The van der Waals surface area contributed by atoms with Gasteiger partial charge in [-0.1, -0.05) is 20.3 Å². The summed E-state index contributed by atoms with van der Waals surface area (Å²) in [4.78, 5) is 37.2. The lowest BCUT2D eigenvalue weighted by atomic mass is 9.66.